The van der Waals surface area contributed by atoms with Gasteiger partial charge in [-0.3, -0.25) is 4.79 Å². The zero-order valence-electron chi connectivity index (χ0n) is 11.7. The molecule has 0 spiro atoms. The Bertz CT molecular complexity index is 356. The van der Waals surface area contributed by atoms with Gasteiger partial charge in [-0.25, -0.2) is 4.79 Å². The van der Waals surface area contributed by atoms with E-state index >= 15 is 0 Å². The summed E-state index contributed by atoms with van der Waals surface area (Å²) < 4.78 is 5.02. The van der Waals surface area contributed by atoms with E-state index < -0.39 is 6.04 Å². The minimum absolute atomic E-state index is 0. The Kier molecular flexibility index (Phi) is 5.21. The summed E-state index contributed by atoms with van der Waals surface area (Å²) in [6.07, 6.45) is 1.98. The zero-order chi connectivity index (χ0) is 13.3. The van der Waals surface area contributed by atoms with E-state index in [0.717, 1.165) is 19.4 Å². The molecule has 1 saturated carbocycles. The highest BCUT2D eigenvalue weighted by atomic mass is 35.5. The largest absolute Gasteiger partial charge is 0.464 e. The van der Waals surface area contributed by atoms with E-state index in [4.69, 9.17) is 4.74 Å². The average molecular weight is 291 g/mol. The summed E-state index contributed by atoms with van der Waals surface area (Å²) in [5.74, 6) is -0.127. The second-order valence-corrected chi connectivity index (χ2v) is 5.88. The molecule has 1 aliphatic heterocycles. The molecular weight excluding hydrogens is 268 g/mol. The van der Waals surface area contributed by atoms with Crippen LogP contribution in [0.4, 0.5) is 0 Å². The molecule has 1 amide bonds. The van der Waals surface area contributed by atoms with Crippen LogP contribution in [0.2, 0.25) is 0 Å². The molecule has 5 nitrogen and oxygen atoms in total. The van der Waals surface area contributed by atoms with E-state index in [0.29, 0.717) is 6.61 Å². The first-order chi connectivity index (χ1) is 8.45. The van der Waals surface area contributed by atoms with E-state index in [1.165, 1.54) is 0 Å². The monoisotopic (exact) mass is 290 g/mol. The van der Waals surface area contributed by atoms with Crippen LogP contribution in [-0.2, 0) is 14.3 Å². The minimum Gasteiger partial charge on any atom is -0.464 e. The predicted molar refractivity (Wildman–Crippen MR) is 74.1 cm³/mol. The summed E-state index contributed by atoms with van der Waals surface area (Å²) >= 11 is 0. The fraction of sp³-hybridized carbons (Fsp3) is 0.846. The van der Waals surface area contributed by atoms with Crippen LogP contribution in [0, 0.1) is 11.3 Å². The zero-order valence-corrected chi connectivity index (χ0v) is 12.5. The molecule has 0 bridgehead atoms. The number of carbonyl (C=O) groups is 2. The third-order valence-corrected chi connectivity index (χ3v) is 3.74. The molecule has 0 radical (unpaired) electrons. The first-order valence-electron chi connectivity index (χ1n) is 6.66. The van der Waals surface area contributed by atoms with Crippen LogP contribution in [0.15, 0.2) is 0 Å². The summed E-state index contributed by atoms with van der Waals surface area (Å²) in [4.78, 5) is 23.9. The number of hydrogen-bond acceptors (Lipinski definition) is 4. The van der Waals surface area contributed by atoms with Crippen LogP contribution >= 0.6 is 12.4 Å². The van der Waals surface area contributed by atoms with Crippen LogP contribution in [0.5, 0.6) is 0 Å². The summed E-state index contributed by atoms with van der Waals surface area (Å²) in [6, 6.07) is -0.663. The van der Waals surface area contributed by atoms with Gasteiger partial charge in [0.1, 0.15) is 6.04 Å². The topological polar surface area (TPSA) is 67.4 Å². The maximum atomic E-state index is 12.1. The lowest BCUT2D eigenvalue weighted by atomic mass is 9.76. The molecule has 2 rings (SSSR count). The van der Waals surface area contributed by atoms with Crippen LogP contribution in [-0.4, -0.2) is 37.1 Å². The normalized spacial score (nSPS) is 25.5. The molecule has 19 heavy (non-hydrogen) atoms. The van der Waals surface area contributed by atoms with Crippen molar-refractivity contribution in [1.29, 1.82) is 0 Å². The summed E-state index contributed by atoms with van der Waals surface area (Å²) in [6.45, 7) is 7.05. The van der Waals surface area contributed by atoms with Crippen molar-refractivity contribution in [3.63, 3.8) is 0 Å². The van der Waals surface area contributed by atoms with Crippen molar-refractivity contribution in [2.75, 3.05) is 13.2 Å². The number of ether oxygens (including phenoxy) is 1. The van der Waals surface area contributed by atoms with Crippen molar-refractivity contribution in [2.45, 2.75) is 45.7 Å². The summed E-state index contributed by atoms with van der Waals surface area (Å²) in [5.41, 5.74) is -0.0349. The molecule has 1 aliphatic carbocycles. The highest BCUT2D eigenvalue weighted by molar-refractivity contribution is 5.89. The molecular formula is C13H23ClN2O3. The molecule has 2 unspecified atom stereocenters. The number of nitrogens with one attached hydrogen (secondary N) is 2. The lowest BCUT2D eigenvalue weighted by molar-refractivity contribution is -0.149. The fourth-order valence-electron chi connectivity index (χ4n) is 2.33. The summed E-state index contributed by atoms with van der Waals surface area (Å²) in [7, 11) is 0. The molecule has 2 N–H and O–H groups in total. The molecule has 110 valence electrons. The predicted octanol–water partition coefficient (Wildman–Crippen LogP) is 0.864. The second-order valence-electron chi connectivity index (χ2n) is 5.88. The second kappa shape index (κ2) is 6.09. The Morgan fingerprint density at radius 1 is 1.42 bits per heavy atom. The van der Waals surface area contributed by atoms with E-state index in [9.17, 15) is 9.59 Å². The van der Waals surface area contributed by atoms with E-state index in [1.54, 1.807) is 6.92 Å². The Labute approximate surface area is 120 Å². The molecule has 0 aromatic rings. The number of amides is 1. The van der Waals surface area contributed by atoms with Gasteiger partial charge in [0, 0.05) is 12.0 Å². The van der Waals surface area contributed by atoms with Gasteiger partial charge in [0.05, 0.1) is 12.6 Å². The van der Waals surface area contributed by atoms with Gasteiger partial charge in [0.15, 0.2) is 0 Å². The first-order valence-corrected chi connectivity index (χ1v) is 6.66. The van der Waals surface area contributed by atoms with Crippen LogP contribution in [0.1, 0.15) is 33.6 Å². The van der Waals surface area contributed by atoms with Gasteiger partial charge in [-0.2, -0.15) is 0 Å². The standard InChI is InChI=1S/C13H22N2O3.ClH/c1-4-18-12(17)9(8-5-6-8)15-11(16)10-13(2,3)7-14-10;/h8-10,14H,4-7H2,1-3H3,(H,15,16);1H. The van der Waals surface area contributed by atoms with E-state index in [-0.39, 0.29) is 41.7 Å². The highest BCUT2D eigenvalue weighted by Crippen LogP contribution is 2.34. The smallest absolute Gasteiger partial charge is 0.328 e. The van der Waals surface area contributed by atoms with Crippen molar-refractivity contribution in [2.24, 2.45) is 11.3 Å². The fourth-order valence-corrected chi connectivity index (χ4v) is 2.33. The quantitative estimate of drug-likeness (QED) is 0.737. The van der Waals surface area contributed by atoms with Crippen molar-refractivity contribution >= 4 is 24.3 Å². The molecule has 0 aromatic heterocycles. The Morgan fingerprint density at radius 3 is 2.42 bits per heavy atom. The molecule has 2 fully saturated rings. The van der Waals surface area contributed by atoms with Gasteiger partial charge in [0.2, 0.25) is 5.91 Å². The van der Waals surface area contributed by atoms with Crippen LogP contribution in [0.25, 0.3) is 0 Å². The first kappa shape index (κ1) is 16.2. The van der Waals surface area contributed by atoms with Gasteiger partial charge in [-0.05, 0) is 25.7 Å². The molecule has 0 aromatic carbocycles. The lowest BCUT2D eigenvalue weighted by Crippen LogP contribution is -2.67. The number of carbonyl (C=O) groups excluding carboxylic acids is 2. The van der Waals surface area contributed by atoms with Gasteiger partial charge in [-0.15, -0.1) is 12.4 Å². The van der Waals surface area contributed by atoms with Crippen molar-refractivity contribution in [3.8, 4) is 0 Å². The number of rotatable bonds is 5. The molecule has 2 aliphatic rings. The summed E-state index contributed by atoms with van der Waals surface area (Å²) in [5, 5.41) is 5.95. The van der Waals surface area contributed by atoms with Crippen molar-refractivity contribution in [1.82, 2.24) is 10.6 Å². The minimum atomic E-state index is -0.462. The maximum absolute atomic E-state index is 12.1. The number of esters is 1. The van der Waals surface area contributed by atoms with Gasteiger partial charge in [0.25, 0.3) is 0 Å². The Hall–Kier alpha value is -0.810. The molecule has 2 atom stereocenters. The van der Waals surface area contributed by atoms with E-state index in [2.05, 4.69) is 10.6 Å². The van der Waals surface area contributed by atoms with Gasteiger partial charge in [-0.1, -0.05) is 13.8 Å². The van der Waals surface area contributed by atoms with Crippen molar-refractivity contribution < 1.29 is 14.3 Å². The highest BCUT2D eigenvalue weighted by Gasteiger charge is 2.46. The third kappa shape index (κ3) is 3.60. The molecule has 6 heteroatoms. The Balaban J connectivity index is 0.00000180. The Morgan fingerprint density at radius 2 is 2.05 bits per heavy atom. The molecule has 1 saturated heterocycles. The number of hydrogen-bond donors (Lipinski definition) is 2. The van der Waals surface area contributed by atoms with Crippen LogP contribution in [0.3, 0.4) is 0 Å². The van der Waals surface area contributed by atoms with Crippen molar-refractivity contribution in [3.05, 3.63) is 0 Å². The number of halogens is 1. The third-order valence-electron chi connectivity index (χ3n) is 3.74. The maximum Gasteiger partial charge on any atom is 0.328 e. The lowest BCUT2D eigenvalue weighted by Gasteiger charge is -2.44. The van der Waals surface area contributed by atoms with Crippen LogP contribution < -0.4 is 10.6 Å². The van der Waals surface area contributed by atoms with E-state index in [1.807, 2.05) is 13.8 Å². The molecule has 1 heterocycles. The average Bonchev–Trinajstić information content (AvgIpc) is 3.08. The van der Waals surface area contributed by atoms with Gasteiger partial charge >= 0.3 is 5.97 Å². The SMILES string of the molecule is CCOC(=O)C(NC(=O)C1NCC1(C)C)C1CC1.Cl. The van der Waals surface area contributed by atoms with Gasteiger partial charge < -0.3 is 15.4 Å².